The molecule has 2 amide bonds. The Kier molecular flexibility index (Phi) is 4.71. The van der Waals surface area contributed by atoms with Crippen LogP contribution in [0.15, 0.2) is 42.5 Å². The first-order valence-corrected chi connectivity index (χ1v) is 8.28. The molecule has 1 N–H and O–H groups in total. The highest BCUT2D eigenvalue weighted by Gasteiger charge is 2.35. The van der Waals surface area contributed by atoms with Gasteiger partial charge in [0.1, 0.15) is 0 Å². The van der Waals surface area contributed by atoms with E-state index in [-0.39, 0.29) is 30.5 Å². The van der Waals surface area contributed by atoms with Crippen molar-refractivity contribution in [2.45, 2.75) is 20.3 Å². The first-order chi connectivity index (χ1) is 12.4. The lowest BCUT2D eigenvalue weighted by Crippen LogP contribution is -2.28. The lowest BCUT2D eigenvalue weighted by Gasteiger charge is -2.17. The van der Waals surface area contributed by atoms with E-state index >= 15 is 0 Å². The standard InChI is InChI=1S/C19H19N3O4/c1-12-4-3-5-17(13(12)2)20-19(24)14-10-18(23)21(11-14)15-6-8-16(9-7-15)22(25)26/h3-9,14H,10-11H2,1-2H3,(H,20,24)/t14-/m1/s1. The molecule has 1 aliphatic heterocycles. The quantitative estimate of drug-likeness (QED) is 0.675. The van der Waals surface area contributed by atoms with Crippen molar-refractivity contribution in [2.24, 2.45) is 5.92 Å². The molecule has 0 aliphatic carbocycles. The van der Waals surface area contributed by atoms with Gasteiger partial charge < -0.3 is 10.2 Å². The highest BCUT2D eigenvalue weighted by molar-refractivity contribution is 6.03. The Morgan fingerprint density at radius 2 is 1.88 bits per heavy atom. The van der Waals surface area contributed by atoms with Gasteiger partial charge in [0.15, 0.2) is 0 Å². The van der Waals surface area contributed by atoms with Crippen LogP contribution in [0, 0.1) is 29.9 Å². The second-order valence-corrected chi connectivity index (χ2v) is 6.42. The molecule has 1 fully saturated rings. The van der Waals surface area contributed by atoms with E-state index in [1.165, 1.54) is 29.2 Å². The Hall–Kier alpha value is -3.22. The number of rotatable bonds is 4. The number of aryl methyl sites for hydroxylation is 1. The molecule has 0 aromatic heterocycles. The fourth-order valence-corrected chi connectivity index (χ4v) is 3.01. The summed E-state index contributed by atoms with van der Waals surface area (Å²) in [6.45, 7) is 4.17. The van der Waals surface area contributed by atoms with Crippen LogP contribution in [0.5, 0.6) is 0 Å². The highest BCUT2D eigenvalue weighted by atomic mass is 16.6. The predicted molar refractivity (Wildman–Crippen MR) is 98.1 cm³/mol. The average Bonchev–Trinajstić information content (AvgIpc) is 3.01. The third-order valence-electron chi connectivity index (χ3n) is 4.73. The monoisotopic (exact) mass is 353 g/mol. The number of benzene rings is 2. The third kappa shape index (κ3) is 3.42. The van der Waals surface area contributed by atoms with E-state index in [1.807, 2.05) is 32.0 Å². The summed E-state index contributed by atoms with van der Waals surface area (Å²) in [6.07, 6.45) is 0.119. The predicted octanol–water partition coefficient (Wildman–Crippen LogP) is 3.20. The summed E-state index contributed by atoms with van der Waals surface area (Å²) in [5, 5.41) is 13.6. The molecule has 1 saturated heterocycles. The molecule has 2 aromatic rings. The fourth-order valence-electron chi connectivity index (χ4n) is 3.01. The molecule has 3 rings (SSSR count). The number of hydrogen-bond acceptors (Lipinski definition) is 4. The normalized spacial score (nSPS) is 16.6. The van der Waals surface area contributed by atoms with Crippen LogP contribution in [0.25, 0.3) is 0 Å². The summed E-state index contributed by atoms with van der Waals surface area (Å²) in [5.41, 5.74) is 3.35. The molecule has 26 heavy (non-hydrogen) atoms. The van der Waals surface area contributed by atoms with Gasteiger partial charge in [-0.3, -0.25) is 19.7 Å². The van der Waals surface area contributed by atoms with Crippen molar-refractivity contribution in [1.82, 2.24) is 0 Å². The molecular formula is C19H19N3O4. The van der Waals surface area contributed by atoms with Crippen LogP contribution >= 0.6 is 0 Å². The van der Waals surface area contributed by atoms with Crippen molar-refractivity contribution >= 4 is 28.9 Å². The van der Waals surface area contributed by atoms with E-state index < -0.39 is 10.8 Å². The largest absolute Gasteiger partial charge is 0.326 e. The second-order valence-electron chi connectivity index (χ2n) is 6.42. The van der Waals surface area contributed by atoms with Crippen LogP contribution in [0.1, 0.15) is 17.5 Å². The van der Waals surface area contributed by atoms with Gasteiger partial charge in [-0.1, -0.05) is 12.1 Å². The van der Waals surface area contributed by atoms with Gasteiger partial charge in [-0.2, -0.15) is 0 Å². The van der Waals surface area contributed by atoms with Crippen LogP contribution in [0.4, 0.5) is 17.1 Å². The lowest BCUT2D eigenvalue weighted by molar-refractivity contribution is -0.384. The number of nitro benzene ring substituents is 1. The maximum absolute atomic E-state index is 12.6. The van der Waals surface area contributed by atoms with Crippen LogP contribution in [0.3, 0.4) is 0 Å². The minimum absolute atomic E-state index is 0.0374. The molecule has 7 heteroatoms. The number of nitrogens with zero attached hydrogens (tertiary/aromatic N) is 2. The van der Waals surface area contributed by atoms with Gasteiger partial charge in [-0.25, -0.2) is 0 Å². The second kappa shape index (κ2) is 6.95. The first kappa shape index (κ1) is 17.6. The van der Waals surface area contributed by atoms with Crippen molar-refractivity contribution in [2.75, 3.05) is 16.8 Å². The summed E-state index contributed by atoms with van der Waals surface area (Å²) in [7, 11) is 0. The maximum atomic E-state index is 12.6. The molecule has 0 spiro atoms. The average molecular weight is 353 g/mol. The Morgan fingerprint density at radius 3 is 2.54 bits per heavy atom. The zero-order valence-electron chi connectivity index (χ0n) is 14.6. The number of hydrogen-bond donors (Lipinski definition) is 1. The number of nitrogens with one attached hydrogen (secondary N) is 1. The fraction of sp³-hybridized carbons (Fsp3) is 0.263. The molecule has 7 nitrogen and oxygen atoms in total. The minimum atomic E-state index is -0.490. The summed E-state index contributed by atoms with van der Waals surface area (Å²) in [6, 6.07) is 11.5. The zero-order chi connectivity index (χ0) is 18.8. The van der Waals surface area contributed by atoms with E-state index in [0.29, 0.717) is 5.69 Å². The molecule has 134 valence electrons. The Balaban J connectivity index is 1.71. The summed E-state index contributed by atoms with van der Waals surface area (Å²) in [4.78, 5) is 36.6. The first-order valence-electron chi connectivity index (χ1n) is 8.28. The lowest BCUT2D eigenvalue weighted by atomic mass is 10.1. The topological polar surface area (TPSA) is 92.6 Å². The molecule has 2 aromatic carbocycles. The summed E-state index contributed by atoms with van der Waals surface area (Å²) >= 11 is 0. The number of nitro groups is 1. The number of non-ortho nitro benzene ring substituents is 1. The molecular weight excluding hydrogens is 334 g/mol. The van der Waals surface area contributed by atoms with E-state index in [1.54, 1.807) is 0 Å². The molecule has 0 bridgehead atoms. The smallest absolute Gasteiger partial charge is 0.269 e. The number of carbonyl (C=O) groups is 2. The maximum Gasteiger partial charge on any atom is 0.269 e. The van der Waals surface area contributed by atoms with Gasteiger partial charge in [-0.05, 0) is 43.2 Å². The number of carbonyl (C=O) groups excluding carboxylic acids is 2. The van der Waals surface area contributed by atoms with Crippen molar-refractivity contribution in [1.29, 1.82) is 0 Å². The van der Waals surface area contributed by atoms with Gasteiger partial charge in [0.25, 0.3) is 5.69 Å². The van der Waals surface area contributed by atoms with Gasteiger partial charge in [0, 0.05) is 36.5 Å². The molecule has 0 radical (unpaired) electrons. The Bertz CT molecular complexity index is 877. The Labute approximate surface area is 150 Å². The van der Waals surface area contributed by atoms with Crippen LogP contribution in [-0.2, 0) is 9.59 Å². The third-order valence-corrected chi connectivity index (χ3v) is 4.73. The van der Waals surface area contributed by atoms with Gasteiger partial charge in [-0.15, -0.1) is 0 Å². The molecule has 1 aliphatic rings. The molecule has 1 heterocycles. The van der Waals surface area contributed by atoms with E-state index in [0.717, 1.165) is 16.8 Å². The van der Waals surface area contributed by atoms with E-state index in [4.69, 9.17) is 0 Å². The van der Waals surface area contributed by atoms with Crippen molar-refractivity contribution < 1.29 is 14.5 Å². The van der Waals surface area contributed by atoms with Crippen molar-refractivity contribution in [3.05, 3.63) is 63.7 Å². The van der Waals surface area contributed by atoms with Crippen LogP contribution in [0.2, 0.25) is 0 Å². The zero-order valence-corrected chi connectivity index (χ0v) is 14.6. The van der Waals surface area contributed by atoms with Gasteiger partial charge in [0.05, 0.1) is 10.8 Å². The Morgan fingerprint density at radius 1 is 1.19 bits per heavy atom. The summed E-state index contributed by atoms with van der Waals surface area (Å²) < 4.78 is 0. The number of anilines is 2. The number of amides is 2. The minimum Gasteiger partial charge on any atom is -0.326 e. The van der Waals surface area contributed by atoms with Gasteiger partial charge in [0.2, 0.25) is 11.8 Å². The summed E-state index contributed by atoms with van der Waals surface area (Å²) in [5.74, 6) is -0.825. The van der Waals surface area contributed by atoms with E-state index in [9.17, 15) is 19.7 Å². The van der Waals surface area contributed by atoms with Gasteiger partial charge >= 0.3 is 0 Å². The molecule has 0 saturated carbocycles. The SMILES string of the molecule is Cc1cccc(NC(=O)[C@@H]2CC(=O)N(c3ccc([N+](=O)[O-])cc3)C2)c1C. The van der Waals surface area contributed by atoms with Crippen molar-refractivity contribution in [3.8, 4) is 0 Å². The van der Waals surface area contributed by atoms with Crippen LogP contribution in [-0.4, -0.2) is 23.3 Å². The highest BCUT2D eigenvalue weighted by Crippen LogP contribution is 2.28. The molecule has 1 atom stereocenters. The molecule has 0 unspecified atom stereocenters. The van der Waals surface area contributed by atoms with E-state index in [2.05, 4.69) is 5.32 Å². The van der Waals surface area contributed by atoms with Crippen molar-refractivity contribution in [3.63, 3.8) is 0 Å². The van der Waals surface area contributed by atoms with Crippen LogP contribution < -0.4 is 10.2 Å².